The van der Waals surface area contributed by atoms with E-state index in [0.717, 1.165) is 12.1 Å². The van der Waals surface area contributed by atoms with Gasteiger partial charge in [-0.05, 0) is 12.1 Å². The number of nitrogens with one attached hydrogen (secondary N) is 2. The number of aromatic carboxylic acids is 1. The first kappa shape index (κ1) is 12.2. The Labute approximate surface area is 100 Å². The molecule has 0 radical (unpaired) electrons. The molecule has 2 aromatic heterocycles. The molecule has 0 bridgehead atoms. The maximum Gasteiger partial charge on any atom is 0.371 e. The summed E-state index contributed by atoms with van der Waals surface area (Å²) in [7, 11) is -3.95. The average molecular weight is 273 g/mol. The summed E-state index contributed by atoms with van der Waals surface area (Å²) in [5.41, 5.74) is 0. The lowest BCUT2D eigenvalue weighted by Crippen LogP contribution is -2.23. The van der Waals surface area contributed by atoms with E-state index in [1.165, 1.54) is 0 Å². The van der Waals surface area contributed by atoms with Crippen LogP contribution in [-0.2, 0) is 16.6 Å². The fraction of sp³-hybridized carbons (Fsp3) is 0.143. The van der Waals surface area contributed by atoms with E-state index in [9.17, 15) is 13.2 Å². The van der Waals surface area contributed by atoms with Crippen molar-refractivity contribution in [1.82, 2.24) is 25.3 Å². The first-order valence-corrected chi connectivity index (χ1v) is 6.02. The molecule has 2 aromatic rings. The van der Waals surface area contributed by atoms with Gasteiger partial charge in [-0.2, -0.15) is 5.21 Å². The molecular formula is C7H7N5O5S. The summed E-state index contributed by atoms with van der Waals surface area (Å²) in [5.74, 6) is -1.67. The third-order valence-corrected chi connectivity index (χ3v) is 3.14. The van der Waals surface area contributed by atoms with Crippen molar-refractivity contribution in [3.05, 3.63) is 23.7 Å². The van der Waals surface area contributed by atoms with Gasteiger partial charge >= 0.3 is 5.97 Å². The summed E-state index contributed by atoms with van der Waals surface area (Å²) in [5, 5.41) is 20.6. The van der Waals surface area contributed by atoms with Gasteiger partial charge in [-0.3, -0.25) is 0 Å². The van der Waals surface area contributed by atoms with Crippen molar-refractivity contribution in [3.63, 3.8) is 0 Å². The molecule has 3 N–H and O–H groups in total. The van der Waals surface area contributed by atoms with E-state index in [1.54, 1.807) is 0 Å². The molecule has 18 heavy (non-hydrogen) atoms. The number of sulfonamides is 1. The molecule has 0 aliphatic rings. The van der Waals surface area contributed by atoms with Gasteiger partial charge in [-0.25, -0.2) is 17.9 Å². The molecule has 96 valence electrons. The van der Waals surface area contributed by atoms with Crippen LogP contribution in [0.3, 0.4) is 0 Å². The van der Waals surface area contributed by atoms with Crippen LogP contribution in [0, 0.1) is 0 Å². The smallest absolute Gasteiger partial charge is 0.371 e. The number of hydrogen-bond acceptors (Lipinski definition) is 7. The number of furan rings is 1. The summed E-state index contributed by atoms with van der Waals surface area (Å²) < 4.78 is 30.2. The fourth-order valence-electron chi connectivity index (χ4n) is 1.07. The fourth-order valence-corrected chi connectivity index (χ4v) is 1.98. The van der Waals surface area contributed by atoms with Gasteiger partial charge in [0.05, 0.1) is 6.54 Å². The van der Waals surface area contributed by atoms with Crippen LogP contribution in [0.25, 0.3) is 0 Å². The predicted octanol–water partition coefficient (Wildman–Crippen LogP) is -1.03. The number of nitrogens with zero attached hydrogens (tertiary/aromatic N) is 3. The molecule has 0 unspecified atom stereocenters. The van der Waals surface area contributed by atoms with Gasteiger partial charge in [0.25, 0.3) is 10.0 Å². The van der Waals surface area contributed by atoms with Gasteiger partial charge in [-0.1, -0.05) is 5.21 Å². The minimum Gasteiger partial charge on any atom is -0.475 e. The van der Waals surface area contributed by atoms with E-state index in [0.29, 0.717) is 0 Å². The number of tetrazole rings is 1. The van der Waals surface area contributed by atoms with E-state index in [1.807, 2.05) is 0 Å². The molecule has 0 fully saturated rings. The molecule has 0 spiro atoms. The van der Waals surface area contributed by atoms with Crippen molar-refractivity contribution in [1.29, 1.82) is 0 Å². The lowest BCUT2D eigenvalue weighted by Gasteiger charge is -2.00. The van der Waals surface area contributed by atoms with Crippen LogP contribution in [0.4, 0.5) is 0 Å². The van der Waals surface area contributed by atoms with Gasteiger partial charge < -0.3 is 9.52 Å². The second-order valence-corrected chi connectivity index (χ2v) is 4.77. The van der Waals surface area contributed by atoms with E-state index in [2.05, 4.69) is 29.8 Å². The molecule has 10 nitrogen and oxygen atoms in total. The molecule has 0 aliphatic heterocycles. The highest BCUT2D eigenvalue weighted by Crippen LogP contribution is 2.13. The molecule has 11 heteroatoms. The molecule has 2 rings (SSSR count). The van der Waals surface area contributed by atoms with Crippen molar-refractivity contribution in [3.8, 4) is 0 Å². The Hall–Kier alpha value is -2.27. The van der Waals surface area contributed by atoms with E-state index >= 15 is 0 Å². The lowest BCUT2D eigenvalue weighted by molar-refractivity contribution is 0.0656. The number of aromatic nitrogens is 4. The van der Waals surface area contributed by atoms with Crippen molar-refractivity contribution >= 4 is 16.0 Å². The quantitative estimate of drug-likeness (QED) is 0.625. The summed E-state index contributed by atoms with van der Waals surface area (Å²) in [6, 6.07) is 2.09. The average Bonchev–Trinajstić information content (AvgIpc) is 2.98. The summed E-state index contributed by atoms with van der Waals surface area (Å²) in [6.07, 6.45) is 0. The predicted molar refractivity (Wildman–Crippen MR) is 53.9 cm³/mol. The molecule has 0 aromatic carbocycles. The highest BCUT2D eigenvalue weighted by atomic mass is 32.2. The second-order valence-electron chi connectivity index (χ2n) is 3.08. The Morgan fingerprint density at radius 3 is 2.83 bits per heavy atom. The van der Waals surface area contributed by atoms with Crippen molar-refractivity contribution in [2.45, 2.75) is 11.6 Å². The van der Waals surface area contributed by atoms with Gasteiger partial charge in [0.15, 0.2) is 5.82 Å². The number of rotatable bonds is 5. The first-order chi connectivity index (χ1) is 8.49. The largest absolute Gasteiger partial charge is 0.475 e. The van der Waals surface area contributed by atoms with Crippen LogP contribution in [0.15, 0.2) is 21.6 Å². The van der Waals surface area contributed by atoms with E-state index in [-0.39, 0.29) is 12.4 Å². The summed E-state index contributed by atoms with van der Waals surface area (Å²) >= 11 is 0. The number of H-pyrrole nitrogens is 1. The molecule has 0 saturated heterocycles. The minimum absolute atomic E-state index is 0.142. The summed E-state index contributed by atoms with van der Waals surface area (Å²) in [6.45, 7) is -0.193. The zero-order chi connectivity index (χ0) is 13.2. The number of carbonyl (C=O) groups is 1. The van der Waals surface area contributed by atoms with Gasteiger partial charge in [0.1, 0.15) is 0 Å². The highest BCUT2D eigenvalue weighted by molar-refractivity contribution is 7.89. The highest BCUT2D eigenvalue weighted by Gasteiger charge is 2.21. The van der Waals surface area contributed by atoms with Crippen molar-refractivity contribution in [2.75, 3.05) is 0 Å². The maximum absolute atomic E-state index is 11.7. The number of hydrogen-bond donors (Lipinski definition) is 3. The zero-order valence-electron chi connectivity index (χ0n) is 8.69. The van der Waals surface area contributed by atoms with Crippen LogP contribution in [0.2, 0.25) is 0 Å². The Kier molecular flexibility index (Phi) is 3.08. The number of carboxylic acids is 1. The molecule has 2 heterocycles. The molecule has 0 atom stereocenters. The van der Waals surface area contributed by atoms with Crippen LogP contribution >= 0.6 is 0 Å². The third kappa shape index (κ3) is 2.52. The molecule has 0 amide bonds. The maximum atomic E-state index is 11.7. The lowest BCUT2D eigenvalue weighted by atomic mass is 10.5. The van der Waals surface area contributed by atoms with Crippen LogP contribution in [-0.4, -0.2) is 40.1 Å². The van der Waals surface area contributed by atoms with E-state index < -0.39 is 26.8 Å². The van der Waals surface area contributed by atoms with Crippen molar-refractivity contribution < 1.29 is 22.7 Å². The van der Waals surface area contributed by atoms with Crippen LogP contribution < -0.4 is 4.72 Å². The topological polar surface area (TPSA) is 151 Å². The number of aromatic amines is 1. The molecule has 0 aliphatic carbocycles. The zero-order valence-corrected chi connectivity index (χ0v) is 9.51. The van der Waals surface area contributed by atoms with Crippen LogP contribution in [0.1, 0.15) is 16.4 Å². The Morgan fingerprint density at radius 1 is 1.50 bits per heavy atom. The molecule has 0 saturated carbocycles. The Balaban J connectivity index is 2.12. The normalized spacial score (nSPS) is 11.6. The third-order valence-electron chi connectivity index (χ3n) is 1.87. The van der Waals surface area contributed by atoms with E-state index in [4.69, 9.17) is 5.11 Å². The van der Waals surface area contributed by atoms with Gasteiger partial charge in [-0.15, -0.1) is 10.2 Å². The van der Waals surface area contributed by atoms with Crippen LogP contribution in [0.5, 0.6) is 0 Å². The Morgan fingerprint density at radius 2 is 2.28 bits per heavy atom. The monoisotopic (exact) mass is 273 g/mol. The number of carboxylic acid groups (broad SMARTS) is 1. The van der Waals surface area contributed by atoms with Gasteiger partial charge in [0.2, 0.25) is 10.9 Å². The minimum atomic E-state index is -3.95. The first-order valence-electron chi connectivity index (χ1n) is 4.54. The molecular weight excluding hydrogens is 266 g/mol. The van der Waals surface area contributed by atoms with Gasteiger partial charge in [0, 0.05) is 0 Å². The van der Waals surface area contributed by atoms with Crippen molar-refractivity contribution in [2.24, 2.45) is 0 Å². The Bertz CT molecular complexity index is 646. The SMILES string of the molecule is O=C(O)c1ccc(S(=O)(=O)NCc2nn[nH]n2)o1. The standard InChI is InChI=1S/C7H7N5O5S/c13-7(14)4-1-2-6(17-4)18(15,16)8-3-5-9-11-12-10-5/h1-2,8H,3H2,(H,13,14)(H,9,10,11,12). The summed E-state index contributed by atoms with van der Waals surface area (Å²) in [4.78, 5) is 10.5. The second kappa shape index (κ2) is 4.54.